The molecule has 16 heavy (non-hydrogen) atoms. The maximum atomic E-state index is 13.5. The first-order valence-electron chi connectivity index (χ1n) is 5.51. The van der Waals surface area contributed by atoms with E-state index >= 15 is 0 Å². The fraction of sp³-hybridized carbons (Fsp3) is 0.538. The summed E-state index contributed by atoms with van der Waals surface area (Å²) >= 11 is 0. The number of nitrogens with two attached hydrogens (primary N) is 1. The van der Waals surface area contributed by atoms with Crippen LogP contribution in [-0.4, -0.2) is 6.61 Å². The molecular formula is C13H20FNO. The predicted molar refractivity (Wildman–Crippen MR) is 64.5 cm³/mol. The zero-order chi connectivity index (χ0) is 12.2. The van der Waals surface area contributed by atoms with Crippen molar-refractivity contribution in [3.63, 3.8) is 0 Å². The molecule has 0 heterocycles. The maximum Gasteiger partial charge on any atom is 0.151 e. The van der Waals surface area contributed by atoms with E-state index in [1.165, 1.54) is 0 Å². The van der Waals surface area contributed by atoms with Crippen molar-refractivity contribution in [3.8, 4) is 0 Å². The molecule has 0 fully saturated rings. The molecule has 0 saturated carbocycles. The molecule has 0 aliphatic carbocycles. The zero-order valence-electron chi connectivity index (χ0n) is 10.2. The quantitative estimate of drug-likeness (QED) is 0.630. The van der Waals surface area contributed by atoms with Crippen LogP contribution < -0.4 is 5.73 Å². The van der Waals surface area contributed by atoms with Crippen LogP contribution >= 0.6 is 0 Å². The summed E-state index contributed by atoms with van der Waals surface area (Å²) in [7, 11) is 0. The van der Waals surface area contributed by atoms with Crippen LogP contribution in [-0.2, 0) is 11.3 Å². The molecule has 2 N–H and O–H groups in total. The van der Waals surface area contributed by atoms with Crippen LogP contribution in [0.4, 0.5) is 10.1 Å². The summed E-state index contributed by atoms with van der Waals surface area (Å²) < 4.78 is 18.9. The SMILES string of the molecule is CC(C)(C)CCOCc1cccc(N)c1F. The van der Waals surface area contributed by atoms with Gasteiger partial charge < -0.3 is 10.5 Å². The van der Waals surface area contributed by atoms with E-state index in [1.54, 1.807) is 18.2 Å². The Balaban J connectivity index is 2.41. The van der Waals surface area contributed by atoms with E-state index < -0.39 is 0 Å². The molecule has 0 unspecified atom stereocenters. The summed E-state index contributed by atoms with van der Waals surface area (Å²) in [6.07, 6.45) is 0.955. The van der Waals surface area contributed by atoms with E-state index in [1.807, 2.05) is 0 Å². The standard InChI is InChI=1S/C13H20FNO/c1-13(2,3)7-8-16-9-10-5-4-6-11(15)12(10)14/h4-6H,7-9,15H2,1-3H3. The van der Waals surface area contributed by atoms with Gasteiger partial charge in [-0.05, 0) is 17.9 Å². The largest absolute Gasteiger partial charge is 0.396 e. The fourth-order valence-electron chi connectivity index (χ4n) is 1.27. The Morgan fingerprint density at radius 1 is 1.31 bits per heavy atom. The molecule has 1 aromatic carbocycles. The fourth-order valence-corrected chi connectivity index (χ4v) is 1.27. The van der Waals surface area contributed by atoms with Crippen molar-refractivity contribution in [2.45, 2.75) is 33.8 Å². The highest BCUT2D eigenvalue weighted by Crippen LogP contribution is 2.19. The molecule has 0 bridgehead atoms. The average molecular weight is 225 g/mol. The van der Waals surface area contributed by atoms with Gasteiger partial charge in [0.1, 0.15) is 0 Å². The van der Waals surface area contributed by atoms with Crippen LogP contribution in [0.1, 0.15) is 32.8 Å². The van der Waals surface area contributed by atoms with Crippen molar-refractivity contribution in [2.75, 3.05) is 12.3 Å². The van der Waals surface area contributed by atoms with Crippen molar-refractivity contribution in [1.82, 2.24) is 0 Å². The van der Waals surface area contributed by atoms with Gasteiger partial charge in [-0.25, -0.2) is 4.39 Å². The third-order valence-electron chi connectivity index (χ3n) is 2.36. The topological polar surface area (TPSA) is 35.2 Å². The highest BCUT2D eigenvalue weighted by atomic mass is 19.1. The van der Waals surface area contributed by atoms with Crippen molar-refractivity contribution >= 4 is 5.69 Å². The van der Waals surface area contributed by atoms with Gasteiger partial charge in [0.15, 0.2) is 5.82 Å². The minimum atomic E-state index is -0.363. The van der Waals surface area contributed by atoms with Gasteiger partial charge in [-0.1, -0.05) is 32.9 Å². The smallest absolute Gasteiger partial charge is 0.151 e. The first-order valence-corrected chi connectivity index (χ1v) is 5.51. The third-order valence-corrected chi connectivity index (χ3v) is 2.36. The Labute approximate surface area is 96.6 Å². The summed E-state index contributed by atoms with van der Waals surface area (Å²) in [4.78, 5) is 0. The molecule has 3 heteroatoms. The molecule has 0 amide bonds. The van der Waals surface area contributed by atoms with Crippen molar-refractivity contribution in [1.29, 1.82) is 0 Å². The number of rotatable bonds is 4. The van der Waals surface area contributed by atoms with Crippen molar-refractivity contribution < 1.29 is 9.13 Å². The second-order valence-electron chi connectivity index (χ2n) is 5.18. The van der Waals surface area contributed by atoms with Gasteiger partial charge in [0.25, 0.3) is 0 Å². The lowest BCUT2D eigenvalue weighted by molar-refractivity contribution is 0.0944. The minimum Gasteiger partial charge on any atom is -0.396 e. The lowest BCUT2D eigenvalue weighted by Gasteiger charge is -2.17. The molecule has 90 valence electrons. The third kappa shape index (κ3) is 4.19. The number of benzene rings is 1. The van der Waals surface area contributed by atoms with Crippen LogP contribution in [0, 0.1) is 11.2 Å². The van der Waals surface area contributed by atoms with Crippen molar-refractivity contribution in [3.05, 3.63) is 29.6 Å². The summed E-state index contributed by atoms with van der Waals surface area (Å²) in [5.41, 5.74) is 6.41. The highest BCUT2D eigenvalue weighted by Gasteiger charge is 2.10. The number of ether oxygens (including phenoxy) is 1. The number of halogens is 1. The molecule has 0 atom stereocenters. The lowest BCUT2D eigenvalue weighted by Crippen LogP contribution is -2.10. The minimum absolute atomic E-state index is 0.178. The molecule has 0 saturated heterocycles. The molecule has 0 aliphatic heterocycles. The van der Waals surface area contributed by atoms with Gasteiger partial charge in [0.05, 0.1) is 12.3 Å². The summed E-state index contributed by atoms with van der Waals surface area (Å²) in [6.45, 7) is 7.37. The summed E-state index contributed by atoms with van der Waals surface area (Å²) in [6, 6.07) is 4.98. The van der Waals surface area contributed by atoms with Gasteiger partial charge in [0.2, 0.25) is 0 Å². The monoisotopic (exact) mass is 225 g/mol. The molecule has 0 radical (unpaired) electrons. The molecule has 0 aromatic heterocycles. The van der Waals surface area contributed by atoms with E-state index in [4.69, 9.17) is 10.5 Å². The van der Waals surface area contributed by atoms with Crippen LogP contribution in [0.2, 0.25) is 0 Å². The number of hydrogen-bond acceptors (Lipinski definition) is 2. The number of nitrogen functional groups attached to an aromatic ring is 1. The molecular weight excluding hydrogens is 205 g/mol. The van der Waals surface area contributed by atoms with Crippen LogP contribution in [0.25, 0.3) is 0 Å². The highest BCUT2D eigenvalue weighted by molar-refractivity contribution is 5.42. The Kier molecular flexibility index (Phi) is 4.30. The molecule has 1 rings (SSSR count). The Morgan fingerprint density at radius 3 is 2.62 bits per heavy atom. The van der Waals surface area contributed by atoms with Crippen molar-refractivity contribution in [2.24, 2.45) is 5.41 Å². The first kappa shape index (κ1) is 13.0. The maximum absolute atomic E-state index is 13.5. The molecule has 0 spiro atoms. The molecule has 0 aliphatic rings. The van der Waals surface area contributed by atoms with E-state index in [2.05, 4.69) is 20.8 Å². The van der Waals surface area contributed by atoms with Crippen LogP contribution in [0.5, 0.6) is 0 Å². The first-order chi connectivity index (χ1) is 7.40. The van der Waals surface area contributed by atoms with Crippen LogP contribution in [0.3, 0.4) is 0 Å². The van der Waals surface area contributed by atoms with E-state index in [-0.39, 0.29) is 23.5 Å². The van der Waals surface area contributed by atoms with E-state index in [9.17, 15) is 4.39 Å². The normalized spacial score (nSPS) is 11.8. The Bertz CT molecular complexity index is 344. The zero-order valence-corrected chi connectivity index (χ0v) is 10.2. The Hall–Kier alpha value is -1.09. The van der Waals surface area contributed by atoms with Gasteiger partial charge in [0, 0.05) is 12.2 Å². The summed E-state index contributed by atoms with van der Waals surface area (Å²) in [5, 5.41) is 0. The van der Waals surface area contributed by atoms with Gasteiger partial charge in [-0.15, -0.1) is 0 Å². The lowest BCUT2D eigenvalue weighted by atomic mass is 9.93. The Morgan fingerprint density at radius 2 is 2.00 bits per heavy atom. The van der Waals surface area contributed by atoms with E-state index in [0.717, 1.165) is 6.42 Å². The number of anilines is 1. The molecule has 1 aromatic rings. The summed E-state index contributed by atoms with van der Waals surface area (Å²) in [5.74, 6) is -0.363. The average Bonchev–Trinajstić information content (AvgIpc) is 2.17. The van der Waals surface area contributed by atoms with Gasteiger partial charge >= 0.3 is 0 Å². The second kappa shape index (κ2) is 5.30. The number of hydrogen-bond donors (Lipinski definition) is 1. The second-order valence-corrected chi connectivity index (χ2v) is 5.18. The van der Waals surface area contributed by atoms with Gasteiger partial charge in [-0.3, -0.25) is 0 Å². The molecule has 2 nitrogen and oxygen atoms in total. The van der Waals surface area contributed by atoms with E-state index in [0.29, 0.717) is 12.2 Å². The van der Waals surface area contributed by atoms with Crippen LogP contribution in [0.15, 0.2) is 18.2 Å². The van der Waals surface area contributed by atoms with Gasteiger partial charge in [-0.2, -0.15) is 0 Å². The predicted octanol–water partition coefficient (Wildman–Crippen LogP) is 3.36.